The van der Waals surface area contributed by atoms with Crippen molar-refractivity contribution in [2.45, 2.75) is 13.8 Å². The van der Waals surface area contributed by atoms with Crippen LogP contribution >= 0.6 is 27.3 Å². The van der Waals surface area contributed by atoms with Gasteiger partial charge in [0.15, 0.2) is 5.82 Å². The number of hydrogen-bond acceptors (Lipinski definition) is 6. The minimum Gasteiger partial charge on any atom is -0.464 e. The summed E-state index contributed by atoms with van der Waals surface area (Å²) < 4.78 is 6.33. The average molecular weight is 329 g/mol. The Kier molecular flexibility index (Phi) is 4.48. The number of nitrogens with zero attached hydrogens (tertiary/aromatic N) is 3. The molecule has 0 aromatic carbocycles. The maximum absolute atomic E-state index is 5.36. The van der Waals surface area contributed by atoms with Crippen LogP contribution in [0.15, 0.2) is 15.2 Å². The van der Waals surface area contributed by atoms with Gasteiger partial charge in [-0.25, -0.2) is 0 Å². The van der Waals surface area contributed by atoms with Crippen molar-refractivity contribution in [1.29, 1.82) is 0 Å². The first kappa shape index (κ1) is 13.2. The Morgan fingerprint density at radius 2 is 2.11 bits per heavy atom. The maximum atomic E-state index is 5.36. The smallest absolute Gasteiger partial charge is 0.321 e. The quantitative estimate of drug-likeness (QED) is 0.913. The van der Waals surface area contributed by atoms with Gasteiger partial charge in [0.25, 0.3) is 0 Å². The predicted molar refractivity (Wildman–Crippen MR) is 76.2 cm³/mol. The Labute approximate surface area is 118 Å². The molecule has 0 unspecified atom stereocenters. The molecule has 0 atom stereocenters. The van der Waals surface area contributed by atoms with Crippen molar-refractivity contribution in [3.63, 3.8) is 0 Å². The Morgan fingerprint density at radius 3 is 2.72 bits per heavy atom. The molecular formula is C11H13BrN4OS. The molecule has 2 aromatic rings. The normalized spacial score (nSPS) is 10.4. The molecular weight excluding hydrogens is 316 g/mol. The third-order valence-corrected chi connectivity index (χ3v) is 3.78. The molecule has 0 saturated carbocycles. The van der Waals surface area contributed by atoms with Crippen molar-refractivity contribution in [3.8, 4) is 17.4 Å². The molecule has 18 heavy (non-hydrogen) atoms. The highest BCUT2D eigenvalue weighted by Gasteiger charge is 2.12. The summed E-state index contributed by atoms with van der Waals surface area (Å²) in [4.78, 5) is 12.9. The van der Waals surface area contributed by atoms with E-state index in [0.29, 0.717) is 24.4 Å². The van der Waals surface area contributed by atoms with E-state index < -0.39 is 0 Å². The number of ether oxygens (including phenoxy) is 1. The van der Waals surface area contributed by atoms with Gasteiger partial charge in [-0.15, -0.1) is 0 Å². The summed E-state index contributed by atoms with van der Waals surface area (Å²) in [5, 5.41) is 7.06. The summed E-state index contributed by atoms with van der Waals surface area (Å²) in [6.45, 7) is 5.17. The van der Waals surface area contributed by atoms with E-state index in [4.69, 9.17) is 4.74 Å². The zero-order valence-electron chi connectivity index (χ0n) is 10.1. The first-order valence-electron chi connectivity index (χ1n) is 5.59. The van der Waals surface area contributed by atoms with Crippen LogP contribution in [0.1, 0.15) is 13.8 Å². The van der Waals surface area contributed by atoms with Crippen LogP contribution in [0.4, 0.5) is 5.95 Å². The second-order valence-electron chi connectivity index (χ2n) is 3.36. The first-order chi connectivity index (χ1) is 8.74. The second kappa shape index (κ2) is 6.10. The van der Waals surface area contributed by atoms with Crippen molar-refractivity contribution >= 4 is 33.2 Å². The topological polar surface area (TPSA) is 59.9 Å². The van der Waals surface area contributed by atoms with Gasteiger partial charge in [0.1, 0.15) is 0 Å². The van der Waals surface area contributed by atoms with E-state index in [1.807, 2.05) is 24.6 Å². The van der Waals surface area contributed by atoms with Gasteiger partial charge in [0, 0.05) is 27.3 Å². The highest BCUT2D eigenvalue weighted by Crippen LogP contribution is 2.30. The van der Waals surface area contributed by atoms with Gasteiger partial charge < -0.3 is 10.1 Å². The van der Waals surface area contributed by atoms with Gasteiger partial charge in [-0.3, -0.25) is 0 Å². The molecule has 1 N–H and O–H groups in total. The summed E-state index contributed by atoms with van der Waals surface area (Å²) >= 11 is 5.07. The second-order valence-corrected chi connectivity index (χ2v) is 4.96. The third kappa shape index (κ3) is 2.97. The number of halogens is 1. The highest BCUT2D eigenvalue weighted by molar-refractivity contribution is 9.10. The van der Waals surface area contributed by atoms with Crippen LogP contribution in [0, 0.1) is 0 Å². The average Bonchev–Trinajstić information content (AvgIpc) is 2.76. The van der Waals surface area contributed by atoms with Crippen molar-refractivity contribution in [3.05, 3.63) is 15.2 Å². The minimum absolute atomic E-state index is 0.344. The molecule has 0 saturated heterocycles. The molecule has 2 heterocycles. The largest absolute Gasteiger partial charge is 0.464 e. The molecule has 5 nitrogen and oxygen atoms in total. The van der Waals surface area contributed by atoms with Crippen LogP contribution in [0.25, 0.3) is 11.4 Å². The van der Waals surface area contributed by atoms with Gasteiger partial charge in [0.2, 0.25) is 5.95 Å². The van der Waals surface area contributed by atoms with Crippen LogP contribution < -0.4 is 10.1 Å². The van der Waals surface area contributed by atoms with Gasteiger partial charge in [-0.1, -0.05) is 0 Å². The lowest BCUT2D eigenvalue weighted by atomic mass is 10.3. The number of anilines is 1. The van der Waals surface area contributed by atoms with Gasteiger partial charge in [-0.2, -0.15) is 26.3 Å². The van der Waals surface area contributed by atoms with Crippen LogP contribution in [0.5, 0.6) is 6.01 Å². The minimum atomic E-state index is 0.344. The molecule has 0 spiro atoms. The van der Waals surface area contributed by atoms with Crippen molar-refractivity contribution in [2.75, 3.05) is 18.5 Å². The summed E-state index contributed by atoms with van der Waals surface area (Å²) in [7, 11) is 0. The first-order valence-corrected chi connectivity index (χ1v) is 7.33. The molecule has 2 rings (SSSR count). The zero-order chi connectivity index (χ0) is 13.0. The van der Waals surface area contributed by atoms with Crippen LogP contribution in [0.3, 0.4) is 0 Å². The lowest BCUT2D eigenvalue weighted by molar-refractivity contribution is 0.312. The van der Waals surface area contributed by atoms with Gasteiger partial charge in [0.05, 0.1) is 6.61 Å². The fraction of sp³-hybridized carbons (Fsp3) is 0.364. The van der Waals surface area contributed by atoms with Crippen LogP contribution in [-0.2, 0) is 0 Å². The van der Waals surface area contributed by atoms with Crippen LogP contribution in [0.2, 0.25) is 0 Å². The Bertz CT molecular complexity index is 507. The molecule has 0 fully saturated rings. The standard InChI is InChI=1S/C11H13BrN4OS/c1-3-13-10-14-9(7-5-18-6-8(7)12)15-11(16-10)17-4-2/h5-6H,3-4H2,1-2H3,(H,13,14,15,16). The molecule has 96 valence electrons. The molecule has 0 aliphatic rings. The summed E-state index contributed by atoms with van der Waals surface area (Å²) in [6, 6.07) is 0.344. The number of rotatable bonds is 5. The van der Waals surface area contributed by atoms with E-state index in [1.165, 1.54) is 0 Å². The monoisotopic (exact) mass is 328 g/mol. The molecule has 0 radical (unpaired) electrons. The highest BCUT2D eigenvalue weighted by atomic mass is 79.9. The molecule has 0 amide bonds. The Balaban J connectivity index is 2.42. The fourth-order valence-electron chi connectivity index (χ4n) is 1.35. The molecule has 0 bridgehead atoms. The lowest BCUT2D eigenvalue weighted by Crippen LogP contribution is -2.07. The van der Waals surface area contributed by atoms with E-state index in [0.717, 1.165) is 16.6 Å². The van der Waals surface area contributed by atoms with E-state index in [2.05, 4.69) is 36.2 Å². The number of aromatic nitrogens is 3. The Morgan fingerprint density at radius 1 is 1.28 bits per heavy atom. The van der Waals surface area contributed by atoms with Gasteiger partial charge >= 0.3 is 6.01 Å². The summed E-state index contributed by atoms with van der Waals surface area (Å²) in [5.41, 5.74) is 0.947. The fourth-order valence-corrected chi connectivity index (χ4v) is 2.80. The SMILES string of the molecule is CCNc1nc(OCC)nc(-c2cscc2Br)n1. The number of hydrogen-bond donors (Lipinski definition) is 1. The number of nitrogens with one attached hydrogen (secondary N) is 1. The van der Waals surface area contributed by atoms with E-state index in [1.54, 1.807) is 11.3 Å². The van der Waals surface area contributed by atoms with E-state index in [9.17, 15) is 0 Å². The third-order valence-electron chi connectivity index (χ3n) is 2.08. The molecule has 0 aliphatic carbocycles. The zero-order valence-corrected chi connectivity index (χ0v) is 12.5. The Hall–Kier alpha value is -1.21. The summed E-state index contributed by atoms with van der Waals surface area (Å²) in [5.74, 6) is 1.14. The maximum Gasteiger partial charge on any atom is 0.321 e. The predicted octanol–water partition coefficient (Wildman–Crippen LogP) is 3.19. The van der Waals surface area contributed by atoms with Crippen molar-refractivity contribution in [1.82, 2.24) is 15.0 Å². The number of thiophene rings is 1. The molecule has 2 aromatic heterocycles. The molecule has 7 heteroatoms. The molecule has 0 aliphatic heterocycles. The summed E-state index contributed by atoms with van der Waals surface area (Å²) in [6.07, 6.45) is 0. The lowest BCUT2D eigenvalue weighted by Gasteiger charge is -2.07. The van der Waals surface area contributed by atoms with Gasteiger partial charge in [-0.05, 0) is 29.8 Å². The van der Waals surface area contributed by atoms with Crippen LogP contribution in [-0.4, -0.2) is 28.1 Å². The van der Waals surface area contributed by atoms with E-state index >= 15 is 0 Å². The van der Waals surface area contributed by atoms with Crippen molar-refractivity contribution < 1.29 is 4.74 Å². The van der Waals surface area contributed by atoms with E-state index in [-0.39, 0.29) is 0 Å². The van der Waals surface area contributed by atoms with Crippen molar-refractivity contribution in [2.24, 2.45) is 0 Å².